The van der Waals surface area contributed by atoms with E-state index in [0.29, 0.717) is 41.4 Å². The summed E-state index contributed by atoms with van der Waals surface area (Å²) in [5.74, 6) is -21.7. The molecule has 0 spiro atoms. The lowest BCUT2D eigenvalue weighted by molar-refractivity contribution is -0.144. The van der Waals surface area contributed by atoms with Crippen molar-refractivity contribution in [2.45, 2.75) is 241 Å². The largest absolute Gasteiger partial charge is 0.481 e. The summed E-state index contributed by atoms with van der Waals surface area (Å²) in [5.41, 5.74) is 16.4. The van der Waals surface area contributed by atoms with Crippen LogP contribution in [0, 0.1) is 17.2 Å². The molecule has 4 aromatic rings. The second-order valence-electron chi connectivity index (χ2n) is 30.9. The molecule has 2 aromatic heterocycles. The number of hydrogen-bond acceptors (Lipinski definition) is 22. The Morgan fingerprint density at radius 1 is 0.635 bits per heavy atom. The summed E-state index contributed by atoms with van der Waals surface area (Å²) in [4.78, 5) is 248. The maximum absolute atomic E-state index is 15.3. The number of unbranched alkanes of at least 4 members (excludes halogenated alkanes) is 2. The van der Waals surface area contributed by atoms with E-state index >= 15 is 28.8 Å². The Labute approximate surface area is 722 Å². The number of rotatable bonds is 45. The van der Waals surface area contributed by atoms with Gasteiger partial charge in [-0.05, 0) is 138 Å². The molecule has 28 N–H and O–H groups in total. The third-order valence-corrected chi connectivity index (χ3v) is 20.4. The van der Waals surface area contributed by atoms with Crippen LogP contribution in [0.3, 0.4) is 0 Å². The van der Waals surface area contributed by atoms with Gasteiger partial charge in [0.1, 0.15) is 78.5 Å². The van der Waals surface area contributed by atoms with Crippen molar-refractivity contribution in [3.63, 3.8) is 0 Å². The fraction of sp³-hybridized carbons (Fsp3) is 0.562. The van der Waals surface area contributed by atoms with Crippen LogP contribution in [0.25, 0.3) is 10.9 Å². The number of H-pyrrole nitrogens is 2. The normalized spacial score (nSPS) is 18.4. The van der Waals surface area contributed by atoms with Gasteiger partial charge < -0.3 is 127 Å². The number of benzene rings is 2. The summed E-state index contributed by atoms with van der Waals surface area (Å²) >= 11 is 0. The highest BCUT2D eigenvalue weighted by molar-refractivity contribution is 6.01. The minimum atomic E-state index is -5.09. The zero-order valence-corrected chi connectivity index (χ0v) is 70.5. The Balaban J connectivity index is 1.58. The second-order valence-corrected chi connectivity index (χ2v) is 30.9. The van der Waals surface area contributed by atoms with Gasteiger partial charge in [0.25, 0.3) is 0 Å². The summed E-state index contributed by atoms with van der Waals surface area (Å²) in [7, 11) is 0. The lowest BCUT2D eigenvalue weighted by atomic mass is 9.95. The molecular formula is C80H117F3N22O21. The van der Waals surface area contributed by atoms with Gasteiger partial charge in [0, 0.05) is 69.0 Å². The predicted octanol–water partition coefficient (Wildman–Crippen LogP) is -2.89. The molecule has 126 heavy (non-hydrogen) atoms. The fourth-order valence-electron chi connectivity index (χ4n) is 13.5. The molecule has 14 amide bonds. The summed E-state index contributed by atoms with van der Waals surface area (Å²) in [6, 6.07) is -13.2. The second kappa shape index (κ2) is 52.0. The third kappa shape index (κ3) is 35.0. The number of aliphatic hydroxyl groups is 1. The van der Waals surface area contributed by atoms with Gasteiger partial charge in [-0.2, -0.15) is 13.2 Å². The Morgan fingerprint density at radius 3 is 1.83 bits per heavy atom. The fourth-order valence-corrected chi connectivity index (χ4v) is 13.5. The number of halogens is 3. The summed E-state index contributed by atoms with van der Waals surface area (Å²) in [6.07, 6.45) is -5.56. The Morgan fingerprint density at radius 2 is 1.24 bits per heavy atom. The van der Waals surface area contributed by atoms with Crippen LogP contribution in [0.15, 0.2) is 67.3 Å². The molecule has 1 aliphatic heterocycles. The van der Waals surface area contributed by atoms with Crippen LogP contribution in [0.5, 0.6) is 0 Å². The molecule has 46 heteroatoms. The van der Waals surface area contributed by atoms with Gasteiger partial charge in [-0.25, -0.2) is 9.78 Å². The first kappa shape index (κ1) is 104. The topological polar surface area (TPSA) is 698 Å². The molecule has 0 saturated carbocycles. The van der Waals surface area contributed by atoms with Gasteiger partial charge in [-0.3, -0.25) is 82.1 Å². The van der Waals surface area contributed by atoms with Crippen LogP contribution in [-0.2, 0) is 101 Å². The predicted molar refractivity (Wildman–Crippen MR) is 445 cm³/mol. The third-order valence-electron chi connectivity index (χ3n) is 20.4. The van der Waals surface area contributed by atoms with E-state index in [-0.39, 0.29) is 96.1 Å². The first-order valence-electron chi connectivity index (χ1n) is 41.3. The number of para-hydroxylation sites is 1. The number of fused-ring (bicyclic) bond motifs is 1. The molecule has 1 unspecified atom stereocenters. The first-order chi connectivity index (χ1) is 59.7. The zero-order chi connectivity index (χ0) is 93.5. The molecule has 3 heterocycles. The van der Waals surface area contributed by atoms with E-state index in [1.807, 2.05) is 5.32 Å². The number of aliphatic hydroxyl groups excluding tert-OH is 1. The maximum Gasteiger partial charge on any atom is 0.416 e. The average molecular weight is 1780 g/mol. The highest BCUT2D eigenvalue weighted by Crippen LogP contribution is 2.32. The standard InChI is InChI=1S/C80H117F3N22O21/c1-6-42(4)64(104-70(117)51(21-10-12-29-85)96-74(121)58(35-47-38-88-40-92-47)99-66(113)50(20-9-11-28-84)94-68(115)54(93-43(5)107)25-27-62(109)110)76(123)101-56(32-41(2)3)72(119)98-55-24-26-61(108)89-30-14-22-52(67(114)100-59(36-63(111)112)75(122)103-60(39-106)78(125)126)97-73(120)57(34-45-37-91-49-19-8-7-18-48(45)49)102-77(124)65(44-16-13-17-46(33-44)80(81,82)83)105-71(118)53(95-69(55)116)23-15-31-90-79(86)87/h7-8,13,16-19,33,37-38,40-42,50-60,64-65,91,106H,6,9-12,14-15,20-32,34-36,39,84-85H2,1-5H3,(H,88,92)(H,89,108)(H,93,107)(H,94,115)(H,95,116)(H,96,121)(H,97,120)(H,98,119)(H,99,113)(H,100,114)(H,101,123)(H,102,124)(H,103,122)(H,104,117)(H,105,118)(H,109,110)(H,111,112)(H,125,126)(H4,86,87,90)/t42?,50-,51-,52-,53-,54-,55-,56-,57-,58-,59-,60-,64-,65-/m0/s1. The molecule has 0 bridgehead atoms. The molecule has 2 aromatic carbocycles. The van der Waals surface area contributed by atoms with Gasteiger partial charge >= 0.3 is 24.1 Å². The minimum absolute atomic E-state index is 0.0514. The van der Waals surface area contributed by atoms with E-state index in [1.54, 1.807) is 52.0 Å². The molecule has 0 aliphatic carbocycles. The van der Waals surface area contributed by atoms with Crippen molar-refractivity contribution in [3.8, 4) is 0 Å². The number of alkyl halides is 3. The Kier molecular flexibility index (Phi) is 42.8. The van der Waals surface area contributed by atoms with Crippen LogP contribution in [0.4, 0.5) is 13.2 Å². The molecular weight excluding hydrogens is 1660 g/mol. The number of carbonyl (C=O) groups is 17. The molecule has 0 radical (unpaired) electrons. The van der Waals surface area contributed by atoms with Crippen LogP contribution in [-0.4, -0.2) is 247 Å². The number of hydrogen-bond donors (Lipinski definition) is 25. The summed E-state index contributed by atoms with van der Waals surface area (Å²) in [5, 5.41) is 84.0. The van der Waals surface area contributed by atoms with Crippen molar-refractivity contribution in [1.29, 1.82) is 5.41 Å². The molecule has 694 valence electrons. The van der Waals surface area contributed by atoms with Crippen LogP contribution >= 0.6 is 0 Å². The van der Waals surface area contributed by atoms with E-state index in [9.17, 15) is 86.3 Å². The summed E-state index contributed by atoms with van der Waals surface area (Å²) < 4.78 is 44.1. The molecule has 1 aliphatic rings. The number of nitrogens with one attached hydrogen (secondary N) is 18. The quantitative estimate of drug-likeness (QED) is 0.0120. The lowest BCUT2D eigenvalue weighted by Gasteiger charge is -2.30. The van der Waals surface area contributed by atoms with Crippen molar-refractivity contribution in [2.24, 2.45) is 29.0 Å². The van der Waals surface area contributed by atoms with E-state index < -0.39 is 266 Å². The molecule has 1 fully saturated rings. The number of carbonyl (C=O) groups excluding carboxylic acids is 14. The zero-order valence-electron chi connectivity index (χ0n) is 70.5. The molecule has 1 saturated heterocycles. The maximum atomic E-state index is 15.3. The minimum Gasteiger partial charge on any atom is -0.481 e. The van der Waals surface area contributed by atoms with Crippen molar-refractivity contribution in [3.05, 3.63) is 89.6 Å². The highest BCUT2D eigenvalue weighted by atomic mass is 19.4. The molecule has 5 rings (SSSR count). The van der Waals surface area contributed by atoms with E-state index in [4.69, 9.17) is 22.6 Å². The number of carboxylic acid groups (broad SMARTS) is 3. The number of guanidine groups is 1. The smallest absolute Gasteiger partial charge is 0.416 e. The Hall–Kier alpha value is -12.9. The number of aromatic nitrogens is 3. The molecule has 43 nitrogen and oxygen atoms in total. The van der Waals surface area contributed by atoms with E-state index in [0.717, 1.165) is 19.1 Å². The van der Waals surface area contributed by atoms with Crippen molar-refractivity contribution < 1.29 is 115 Å². The van der Waals surface area contributed by atoms with Gasteiger partial charge in [-0.1, -0.05) is 64.4 Å². The van der Waals surface area contributed by atoms with Gasteiger partial charge in [0.2, 0.25) is 82.7 Å². The summed E-state index contributed by atoms with van der Waals surface area (Å²) in [6.45, 7) is 6.28. The monoisotopic (exact) mass is 1780 g/mol. The number of amides is 14. The number of imidazole rings is 1. The van der Waals surface area contributed by atoms with Gasteiger partial charge in [0.15, 0.2) is 5.96 Å². The Bertz CT molecular complexity index is 4420. The first-order valence-corrected chi connectivity index (χ1v) is 41.3. The highest BCUT2D eigenvalue weighted by Gasteiger charge is 2.41. The number of nitrogens with zero attached hydrogens (tertiary/aromatic N) is 1. The number of carboxylic acids is 3. The number of aliphatic carboxylic acids is 3. The van der Waals surface area contributed by atoms with Crippen LogP contribution < -0.4 is 97.0 Å². The van der Waals surface area contributed by atoms with Crippen molar-refractivity contribution in [1.82, 2.24) is 94.7 Å². The average Bonchev–Trinajstić information content (AvgIpc) is 1.41. The number of nitrogens with two attached hydrogens (primary N) is 3. The van der Waals surface area contributed by atoms with Gasteiger partial charge in [-0.15, -0.1) is 0 Å². The molecule has 14 atom stereocenters. The SMILES string of the molecule is CCC(C)[C@H](NC(=O)[C@H](CCCCN)NC(=O)[C@H](Cc1c[nH]cn1)NC(=O)[C@H](CCCCN)NC(=O)[C@H](CCC(=O)O)NC(C)=O)C(=O)N[C@@H](CC(C)C)C(=O)N[C@H]1CCC(=O)NCCC[C@@H](C(=O)N[C@@H](CC(=O)O)C(=O)N[C@@H](CO)C(=O)O)NC(=O)[C@H](Cc2c[nH]c3ccccc23)NC(=O)[C@H](c2cccc(C(F)(F)F)c2)NC(=O)[C@H](CCCNC(=N)N)NC1=O. The van der Waals surface area contributed by atoms with Crippen molar-refractivity contribution in [2.75, 3.05) is 32.8 Å². The van der Waals surface area contributed by atoms with Gasteiger partial charge in [0.05, 0.1) is 30.6 Å². The van der Waals surface area contributed by atoms with Crippen LogP contribution in [0.1, 0.15) is 172 Å². The lowest BCUT2D eigenvalue weighted by Crippen LogP contribution is -2.61. The van der Waals surface area contributed by atoms with Crippen LogP contribution in [0.2, 0.25) is 0 Å². The number of aromatic amines is 2. The van der Waals surface area contributed by atoms with Crippen molar-refractivity contribution >= 4 is 117 Å². The van der Waals surface area contributed by atoms with E-state index in [1.165, 1.54) is 18.7 Å². The van der Waals surface area contributed by atoms with E-state index in [2.05, 4.69) is 89.4 Å².